The quantitative estimate of drug-likeness (QED) is 0.468. The Kier molecular flexibility index (Phi) is 7.68. The first-order valence-corrected chi connectivity index (χ1v) is 13.0. The van der Waals surface area contributed by atoms with Crippen molar-refractivity contribution in [3.8, 4) is 5.75 Å². The number of aryl methyl sites for hydroxylation is 1. The predicted molar refractivity (Wildman–Crippen MR) is 127 cm³/mol. The van der Waals surface area contributed by atoms with Gasteiger partial charge in [-0.2, -0.15) is 0 Å². The average Bonchev–Trinajstić information content (AvgIpc) is 3.24. The molecule has 2 saturated heterocycles. The SMILES string of the molecule is CNS(=O)(=O)c1cccc(OC[C@@H](O)CNC2COC3(CCN(c4nccc(C)n4)CC3)C2)c1. The van der Waals surface area contributed by atoms with Gasteiger partial charge >= 0.3 is 0 Å². The summed E-state index contributed by atoms with van der Waals surface area (Å²) in [4.78, 5) is 11.2. The van der Waals surface area contributed by atoms with E-state index >= 15 is 0 Å². The molecule has 2 aliphatic heterocycles. The number of nitrogens with one attached hydrogen (secondary N) is 2. The number of benzene rings is 1. The van der Waals surface area contributed by atoms with Gasteiger partial charge in [-0.15, -0.1) is 0 Å². The Morgan fingerprint density at radius 1 is 1.32 bits per heavy atom. The van der Waals surface area contributed by atoms with E-state index in [-0.39, 0.29) is 23.1 Å². The lowest BCUT2D eigenvalue weighted by atomic mass is 9.87. The number of aliphatic hydroxyl groups is 1. The zero-order valence-corrected chi connectivity index (χ0v) is 20.4. The molecule has 4 rings (SSSR count). The lowest BCUT2D eigenvalue weighted by Gasteiger charge is -2.38. The number of aromatic nitrogens is 2. The molecule has 3 N–H and O–H groups in total. The van der Waals surface area contributed by atoms with Gasteiger partial charge in [-0.1, -0.05) is 6.07 Å². The van der Waals surface area contributed by atoms with Gasteiger partial charge in [0, 0.05) is 43.6 Å². The Morgan fingerprint density at radius 3 is 2.85 bits per heavy atom. The van der Waals surface area contributed by atoms with Crippen molar-refractivity contribution in [2.24, 2.45) is 0 Å². The number of piperidine rings is 1. The van der Waals surface area contributed by atoms with Crippen LogP contribution in [0.15, 0.2) is 41.4 Å². The molecule has 1 unspecified atom stereocenters. The molecule has 2 fully saturated rings. The number of anilines is 1. The number of hydrogen-bond acceptors (Lipinski definition) is 9. The van der Waals surface area contributed by atoms with E-state index in [0.29, 0.717) is 18.9 Å². The van der Waals surface area contributed by atoms with E-state index in [1.54, 1.807) is 18.3 Å². The maximum absolute atomic E-state index is 11.9. The first-order valence-electron chi connectivity index (χ1n) is 11.5. The van der Waals surface area contributed by atoms with E-state index in [1.165, 1.54) is 19.2 Å². The number of nitrogens with zero attached hydrogens (tertiary/aromatic N) is 3. The Morgan fingerprint density at radius 2 is 2.12 bits per heavy atom. The molecule has 3 heterocycles. The summed E-state index contributed by atoms with van der Waals surface area (Å²) in [6.07, 6.45) is 3.79. The van der Waals surface area contributed by atoms with Crippen molar-refractivity contribution < 1.29 is 23.0 Å². The van der Waals surface area contributed by atoms with Gasteiger partial charge in [0.15, 0.2) is 0 Å². The topological polar surface area (TPSA) is 126 Å². The van der Waals surface area contributed by atoms with E-state index in [4.69, 9.17) is 9.47 Å². The highest BCUT2D eigenvalue weighted by Gasteiger charge is 2.43. The van der Waals surface area contributed by atoms with E-state index in [9.17, 15) is 13.5 Å². The van der Waals surface area contributed by atoms with Gasteiger partial charge in [0.25, 0.3) is 0 Å². The Bertz CT molecular complexity index is 1070. The summed E-state index contributed by atoms with van der Waals surface area (Å²) >= 11 is 0. The number of rotatable bonds is 9. The van der Waals surface area contributed by atoms with Crippen LogP contribution in [0.3, 0.4) is 0 Å². The number of sulfonamides is 1. The molecule has 2 aromatic rings. The number of hydrogen-bond donors (Lipinski definition) is 3. The fourth-order valence-electron chi connectivity index (χ4n) is 4.43. The van der Waals surface area contributed by atoms with Crippen LogP contribution in [-0.4, -0.2) is 81.1 Å². The minimum absolute atomic E-state index is 0.0558. The van der Waals surface area contributed by atoms with Crippen LogP contribution in [0, 0.1) is 6.92 Å². The molecule has 11 heteroatoms. The van der Waals surface area contributed by atoms with Crippen molar-refractivity contribution >= 4 is 16.0 Å². The van der Waals surface area contributed by atoms with Gasteiger partial charge in [-0.05, 0) is 51.4 Å². The highest BCUT2D eigenvalue weighted by atomic mass is 32.2. The largest absolute Gasteiger partial charge is 0.491 e. The standard InChI is InChI=1S/C23H33N5O5S/c1-17-6-9-25-22(27-17)28-10-7-23(8-11-28)13-18(15-33-23)26-14-19(29)16-32-20-4-3-5-21(12-20)34(30,31)24-2/h3-6,9,12,18-19,24,26,29H,7-8,10-11,13-16H2,1-2H3/t18?,19-/m0/s1. The molecular formula is C23H33N5O5S. The van der Waals surface area contributed by atoms with Crippen molar-refractivity contribution in [2.75, 3.05) is 44.8 Å². The van der Waals surface area contributed by atoms with Gasteiger partial charge in [-0.25, -0.2) is 23.1 Å². The molecule has 1 aromatic heterocycles. The van der Waals surface area contributed by atoms with Crippen LogP contribution < -0.4 is 19.7 Å². The second-order valence-electron chi connectivity index (χ2n) is 8.94. The van der Waals surface area contributed by atoms with Crippen molar-refractivity contribution in [1.29, 1.82) is 0 Å². The Labute approximate surface area is 200 Å². The number of ether oxygens (including phenoxy) is 2. The molecule has 0 saturated carbocycles. The third-order valence-electron chi connectivity index (χ3n) is 6.42. The van der Waals surface area contributed by atoms with Gasteiger partial charge in [0.2, 0.25) is 16.0 Å². The van der Waals surface area contributed by atoms with E-state index in [1.807, 2.05) is 13.0 Å². The lowest BCUT2D eigenvalue weighted by Crippen LogP contribution is -2.45. The fraction of sp³-hybridized carbons (Fsp3) is 0.565. The second-order valence-corrected chi connectivity index (χ2v) is 10.8. The lowest BCUT2D eigenvalue weighted by molar-refractivity contribution is -0.0152. The van der Waals surface area contributed by atoms with E-state index in [2.05, 4.69) is 24.9 Å². The van der Waals surface area contributed by atoms with Crippen LogP contribution in [0.25, 0.3) is 0 Å². The minimum atomic E-state index is -3.54. The highest BCUT2D eigenvalue weighted by molar-refractivity contribution is 7.89. The van der Waals surface area contributed by atoms with Crippen molar-refractivity contribution in [3.05, 3.63) is 42.2 Å². The van der Waals surface area contributed by atoms with Crippen LogP contribution in [0.4, 0.5) is 5.95 Å². The summed E-state index contributed by atoms with van der Waals surface area (Å²) in [6.45, 7) is 4.71. The van der Waals surface area contributed by atoms with E-state index < -0.39 is 16.1 Å². The summed E-state index contributed by atoms with van der Waals surface area (Å²) in [5.74, 6) is 1.17. The van der Waals surface area contributed by atoms with Crippen molar-refractivity contribution in [1.82, 2.24) is 20.0 Å². The van der Waals surface area contributed by atoms with Crippen LogP contribution in [0.2, 0.25) is 0 Å². The zero-order chi connectivity index (χ0) is 24.2. The minimum Gasteiger partial charge on any atom is -0.491 e. The normalized spacial score (nSPS) is 21.0. The number of aliphatic hydroxyl groups excluding tert-OH is 1. The van der Waals surface area contributed by atoms with Gasteiger partial charge in [0.05, 0.1) is 17.1 Å². The molecule has 10 nitrogen and oxygen atoms in total. The maximum atomic E-state index is 11.9. The molecule has 0 amide bonds. The predicted octanol–water partition coefficient (Wildman–Crippen LogP) is 0.851. The molecule has 186 valence electrons. The van der Waals surface area contributed by atoms with Gasteiger partial charge < -0.3 is 24.8 Å². The summed E-state index contributed by atoms with van der Waals surface area (Å²) in [5.41, 5.74) is 0.823. The van der Waals surface area contributed by atoms with Crippen LogP contribution in [0.1, 0.15) is 25.0 Å². The summed E-state index contributed by atoms with van der Waals surface area (Å²) in [6, 6.07) is 8.27. The maximum Gasteiger partial charge on any atom is 0.240 e. The third-order valence-corrected chi connectivity index (χ3v) is 7.83. The first-order chi connectivity index (χ1) is 16.3. The third kappa shape index (κ3) is 6.02. The van der Waals surface area contributed by atoms with Crippen LogP contribution in [-0.2, 0) is 14.8 Å². The summed E-state index contributed by atoms with van der Waals surface area (Å²) in [5, 5.41) is 13.7. The molecule has 34 heavy (non-hydrogen) atoms. The van der Waals surface area contributed by atoms with Crippen LogP contribution in [0.5, 0.6) is 5.75 Å². The van der Waals surface area contributed by atoms with E-state index in [0.717, 1.165) is 44.0 Å². The smallest absolute Gasteiger partial charge is 0.240 e. The molecule has 1 spiro atoms. The first kappa shape index (κ1) is 24.8. The molecular weight excluding hydrogens is 458 g/mol. The fourth-order valence-corrected chi connectivity index (χ4v) is 5.19. The molecule has 1 aromatic carbocycles. The Hall–Kier alpha value is -2.31. The van der Waals surface area contributed by atoms with Crippen molar-refractivity contribution in [2.45, 2.75) is 48.8 Å². The molecule has 0 aliphatic carbocycles. The molecule has 0 radical (unpaired) electrons. The zero-order valence-electron chi connectivity index (χ0n) is 19.6. The average molecular weight is 492 g/mol. The summed E-state index contributed by atoms with van der Waals surface area (Å²) < 4.78 is 37.9. The van der Waals surface area contributed by atoms with Crippen molar-refractivity contribution in [3.63, 3.8) is 0 Å². The Balaban J connectivity index is 1.20. The summed E-state index contributed by atoms with van der Waals surface area (Å²) in [7, 11) is -2.19. The second kappa shape index (κ2) is 10.5. The molecule has 2 atom stereocenters. The monoisotopic (exact) mass is 491 g/mol. The van der Waals surface area contributed by atoms with Gasteiger partial charge in [-0.3, -0.25) is 0 Å². The highest BCUT2D eigenvalue weighted by Crippen LogP contribution is 2.36. The molecule has 2 aliphatic rings. The molecule has 0 bridgehead atoms. The van der Waals surface area contributed by atoms with Gasteiger partial charge in [0.1, 0.15) is 18.5 Å². The van der Waals surface area contributed by atoms with Crippen LogP contribution >= 0.6 is 0 Å².